The van der Waals surface area contributed by atoms with Gasteiger partial charge in [-0.1, -0.05) is 0 Å². The predicted molar refractivity (Wildman–Crippen MR) is 110 cm³/mol. The smallest absolute Gasteiger partial charge is 0.418 e. The molecule has 3 aromatic rings. The fraction of sp³-hybridized carbons (Fsp3) is 0.273. The van der Waals surface area contributed by atoms with Crippen LogP contribution in [0.3, 0.4) is 0 Å². The standard InChI is InChI=1S/C22H17F3N4O4/c1-33-14-6-4-13(5-7-14)29-19(17-3-2-8-28(17)21(31)32)27-18-15(20(29)30)9-12(11-26)10-16(18)22(23,24)25/h4-7,9-10,17H,2-3,8H2,1H3,(H,31,32). The van der Waals surface area contributed by atoms with Crippen LogP contribution in [0.4, 0.5) is 18.0 Å². The van der Waals surface area contributed by atoms with Crippen LogP contribution in [0.15, 0.2) is 41.2 Å². The molecular formula is C22H17F3N4O4. The molecule has 0 radical (unpaired) electrons. The minimum absolute atomic E-state index is 0.118. The number of hydrogen-bond donors (Lipinski definition) is 1. The van der Waals surface area contributed by atoms with Crippen LogP contribution in [0.1, 0.15) is 35.8 Å². The molecule has 1 amide bonds. The Labute approximate surface area is 185 Å². The number of rotatable bonds is 3. The largest absolute Gasteiger partial charge is 0.497 e. The second-order valence-corrected chi connectivity index (χ2v) is 7.47. The van der Waals surface area contributed by atoms with E-state index in [-0.39, 0.29) is 35.4 Å². The van der Waals surface area contributed by atoms with Crippen molar-refractivity contribution in [1.29, 1.82) is 5.26 Å². The van der Waals surface area contributed by atoms with Gasteiger partial charge < -0.3 is 9.84 Å². The van der Waals surface area contributed by atoms with Gasteiger partial charge in [0.05, 0.1) is 46.9 Å². The maximum absolute atomic E-state index is 13.8. The van der Waals surface area contributed by atoms with Crippen LogP contribution in [0.5, 0.6) is 5.75 Å². The molecule has 170 valence electrons. The van der Waals surface area contributed by atoms with Gasteiger partial charge in [-0.25, -0.2) is 9.78 Å². The summed E-state index contributed by atoms with van der Waals surface area (Å²) < 4.78 is 47.7. The lowest BCUT2D eigenvalue weighted by Gasteiger charge is -2.25. The number of halogens is 3. The molecule has 0 aliphatic carbocycles. The summed E-state index contributed by atoms with van der Waals surface area (Å²) in [6.45, 7) is 0.163. The summed E-state index contributed by atoms with van der Waals surface area (Å²) in [6, 6.07) is 8.60. The normalized spacial score (nSPS) is 16.1. The van der Waals surface area contributed by atoms with Crippen molar-refractivity contribution < 1.29 is 27.8 Å². The molecule has 1 fully saturated rings. The van der Waals surface area contributed by atoms with Crippen molar-refractivity contribution >= 4 is 17.0 Å². The molecule has 1 saturated heterocycles. The van der Waals surface area contributed by atoms with Crippen molar-refractivity contribution in [2.24, 2.45) is 0 Å². The number of carboxylic acid groups (broad SMARTS) is 1. The van der Waals surface area contributed by atoms with E-state index in [1.807, 2.05) is 0 Å². The molecule has 2 heterocycles. The van der Waals surface area contributed by atoms with Crippen LogP contribution in [-0.2, 0) is 6.18 Å². The minimum Gasteiger partial charge on any atom is -0.497 e. The summed E-state index contributed by atoms with van der Waals surface area (Å²) >= 11 is 0. The van der Waals surface area contributed by atoms with Crippen LogP contribution in [0, 0.1) is 11.3 Å². The average molecular weight is 458 g/mol. The summed E-state index contributed by atoms with van der Waals surface area (Å²) in [5.74, 6) is 0.369. The van der Waals surface area contributed by atoms with E-state index in [2.05, 4.69) is 4.98 Å². The van der Waals surface area contributed by atoms with E-state index in [9.17, 15) is 33.1 Å². The maximum atomic E-state index is 13.8. The van der Waals surface area contributed by atoms with E-state index < -0.39 is 35.0 Å². The SMILES string of the molecule is COc1ccc(-n2c(C3CCCN3C(=O)O)nc3c(C(F)(F)F)cc(C#N)cc3c2=O)cc1. The first-order valence-electron chi connectivity index (χ1n) is 9.87. The zero-order valence-electron chi connectivity index (χ0n) is 17.3. The number of alkyl halides is 3. The summed E-state index contributed by atoms with van der Waals surface area (Å²) in [5.41, 5.74) is -2.74. The number of hydrogen-bond acceptors (Lipinski definition) is 5. The Kier molecular flexibility index (Phi) is 5.45. The van der Waals surface area contributed by atoms with E-state index in [1.165, 1.54) is 19.2 Å². The van der Waals surface area contributed by atoms with Crippen LogP contribution in [0.2, 0.25) is 0 Å². The van der Waals surface area contributed by atoms with Gasteiger partial charge in [0.2, 0.25) is 0 Å². The number of aromatic nitrogens is 2. The summed E-state index contributed by atoms with van der Waals surface area (Å²) in [5, 5.41) is 18.4. The molecule has 8 nitrogen and oxygen atoms in total. The minimum atomic E-state index is -4.88. The monoisotopic (exact) mass is 458 g/mol. The molecule has 2 aromatic carbocycles. The number of carbonyl (C=O) groups is 1. The third-order valence-electron chi connectivity index (χ3n) is 5.56. The van der Waals surface area contributed by atoms with Crippen molar-refractivity contribution in [3.63, 3.8) is 0 Å². The van der Waals surface area contributed by atoms with E-state index in [4.69, 9.17) is 4.74 Å². The molecule has 1 N–H and O–H groups in total. The number of benzene rings is 2. The molecule has 33 heavy (non-hydrogen) atoms. The van der Waals surface area contributed by atoms with Gasteiger partial charge in [0.25, 0.3) is 5.56 Å². The Hall–Kier alpha value is -4.07. The van der Waals surface area contributed by atoms with Crippen molar-refractivity contribution in [3.8, 4) is 17.5 Å². The second-order valence-electron chi connectivity index (χ2n) is 7.47. The quantitative estimate of drug-likeness (QED) is 0.633. The van der Waals surface area contributed by atoms with Gasteiger partial charge >= 0.3 is 12.3 Å². The summed E-state index contributed by atoms with van der Waals surface area (Å²) in [6.07, 6.45) is -5.38. The lowest BCUT2D eigenvalue weighted by atomic mass is 10.0. The number of likely N-dealkylation sites (tertiary alicyclic amines) is 1. The topological polar surface area (TPSA) is 108 Å². The fourth-order valence-electron chi connectivity index (χ4n) is 4.06. The van der Waals surface area contributed by atoms with Crippen LogP contribution in [-0.4, -0.2) is 39.3 Å². The Bertz CT molecular complexity index is 1340. The first-order valence-corrected chi connectivity index (χ1v) is 9.87. The molecule has 11 heteroatoms. The number of nitriles is 1. The van der Waals surface area contributed by atoms with Gasteiger partial charge in [-0.2, -0.15) is 18.4 Å². The van der Waals surface area contributed by atoms with Crippen molar-refractivity contribution in [3.05, 3.63) is 63.7 Å². The lowest BCUT2D eigenvalue weighted by Crippen LogP contribution is -2.34. The molecule has 1 aromatic heterocycles. The number of fused-ring (bicyclic) bond motifs is 1. The molecule has 0 spiro atoms. The zero-order valence-corrected chi connectivity index (χ0v) is 17.3. The Morgan fingerprint density at radius 3 is 2.55 bits per heavy atom. The highest BCUT2D eigenvalue weighted by Crippen LogP contribution is 2.37. The van der Waals surface area contributed by atoms with E-state index >= 15 is 0 Å². The van der Waals surface area contributed by atoms with Crippen molar-refractivity contribution in [1.82, 2.24) is 14.5 Å². The first kappa shape index (κ1) is 22.1. The lowest BCUT2D eigenvalue weighted by molar-refractivity contribution is -0.136. The third-order valence-corrected chi connectivity index (χ3v) is 5.56. The number of nitrogens with zero attached hydrogens (tertiary/aromatic N) is 4. The highest BCUT2D eigenvalue weighted by atomic mass is 19.4. The van der Waals surface area contributed by atoms with E-state index in [1.54, 1.807) is 18.2 Å². The number of methoxy groups -OCH3 is 1. The van der Waals surface area contributed by atoms with Crippen LogP contribution >= 0.6 is 0 Å². The van der Waals surface area contributed by atoms with E-state index in [0.29, 0.717) is 18.2 Å². The maximum Gasteiger partial charge on any atom is 0.418 e. The van der Waals surface area contributed by atoms with Gasteiger partial charge in [-0.15, -0.1) is 0 Å². The second kappa shape index (κ2) is 8.12. The van der Waals surface area contributed by atoms with Gasteiger partial charge in [-0.05, 0) is 49.2 Å². The number of amides is 1. The van der Waals surface area contributed by atoms with Crippen LogP contribution in [0.25, 0.3) is 16.6 Å². The fourth-order valence-corrected chi connectivity index (χ4v) is 4.06. The van der Waals surface area contributed by atoms with Crippen molar-refractivity contribution in [2.45, 2.75) is 25.1 Å². The zero-order chi connectivity index (χ0) is 23.9. The average Bonchev–Trinajstić information content (AvgIpc) is 3.28. The van der Waals surface area contributed by atoms with Gasteiger partial charge in [0, 0.05) is 6.54 Å². The predicted octanol–water partition coefficient (Wildman–Crippen LogP) is 4.10. The molecular weight excluding hydrogens is 441 g/mol. The van der Waals surface area contributed by atoms with Gasteiger partial charge in [-0.3, -0.25) is 14.3 Å². The van der Waals surface area contributed by atoms with Gasteiger partial charge in [0.1, 0.15) is 11.6 Å². The summed E-state index contributed by atoms with van der Waals surface area (Å²) in [4.78, 5) is 30.6. The van der Waals surface area contributed by atoms with E-state index in [0.717, 1.165) is 15.5 Å². The van der Waals surface area contributed by atoms with Crippen molar-refractivity contribution in [2.75, 3.05) is 13.7 Å². The molecule has 1 unspecified atom stereocenters. The molecule has 0 saturated carbocycles. The number of ether oxygens (including phenoxy) is 1. The molecule has 1 aliphatic rings. The highest BCUT2D eigenvalue weighted by molar-refractivity contribution is 5.84. The highest BCUT2D eigenvalue weighted by Gasteiger charge is 2.38. The summed E-state index contributed by atoms with van der Waals surface area (Å²) in [7, 11) is 1.45. The third kappa shape index (κ3) is 3.84. The Morgan fingerprint density at radius 1 is 1.27 bits per heavy atom. The van der Waals surface area contributed by atoms with Crippen LogP contribution < -0.4 is 10.3 Å². The molecule has 1 atom stereocenters. The molecule has 4 rings (SSSR count). The van der Waals surface area contributed by atoms with Gasteiger partial charge in [0.15, 0.2) is 0 Å². The first-order chi connectivity index (χ1) is 15.7. The molecule has 1 aliphatic heterocycles. The Balaban J connectivity index is 2.11. The Morgan fingerprint density at radius 2 is 1.97 bits per heavy atom. The molecule has 0 bridgehead atoms.